The Bertz CT molecular complexity index is 2530. The van der Waals surface area contributed by atoms with E-state index >= 15 is 0 Å². The second-order valence-electron chi connectivity index (χ2n) is 18.1. The number of aliphatic hydroxyl groups is 3. The first-order valence-corrected chi connectivity index (χ1v) is 30.6. The molecular formula is C62H84Cl3F4FeO15. The summed E-state index contributed by atoms with van der Waals surface area (Å²) in [5.41, 5.74) is 5.60. The van der Waals surface area contributed by atoms with Crippen molar-refractivity contribution in [3.05, 3.63) is 180 Å². The minimum absolute atomic E-state index is 0.00588. The topological polar surface area (TPSA) is 190 Å². The van der Waals surface area contributed by atoms with Crippen molar-refractivity contribution in [3.63, 3.8) is 0 Å². The van der Waals surface area contributed by atoms with Crippen molar-refractivity contribution in [1.82, 2.24) is 0 Å². The standard InChI is InChI=1S/C17H23FO4.2C13H17FO3.C9H9FO2.C6H10O2.C4H8O.3ClH.Fe/c1-5-6-17(19)22-11-16(21-10-12(2)3)14-9-13(18)7-8-15(14)20-4;2*1-9(2)8-17-13(7-15)11-6-10(14)4-5-12(11)16-3;1-11-8-3-2-6(10)4-7(8)9-5-12-9;1-3-5-6(7)8-4-2;1-4(2)3-5;;;;/h7-9,16H,2,5-6,10-11H2,1,3-4H3;2*4-6,13,15H,1,7-8H2,2-3H3;2-4,9H,5H2,1H3;4H,2-3,5H2,1H3;5H,1,3H2,2H3;3*1H;/q;;;;;;;;;+3/p-3/t16-;13-;;;;;;;;/m00......../s1. The molecule has 0 aliphatic carbocycles. The SMILES string of the molecule is C=C(C)CO.C=C(C)COC(CO)c1cc(F)ccc1OC.C=C(C)CO[C@@H](CO)c1cc(F)ccc1OC.C=C(C)CO[C@@H](COC(=O)CCC)c1cc(F)ccc1OC.C=COC(=O)CCC.COc1ccc(F)cc1C1CO1.[Cl][Fe]([Cl])[Cl]. The number of aliphatic hydroxyl groups excluding tert-OH is 3. The van der Waals surface area contributed by atoms with Crippen LogP contribution in [0.15, 0.2) is 134 Å². The molecule has 0 bridgehead atoms. The van der Waals surface area contributed by atoms with E-state index in [0.29, 0.717) is 78.8 Å². The number of methoxy groups -OCH3 is 4. The van der Waals surface area contributed by atoms with Gasteiger partial charge in [0.05, 0.1) is 80.9 Å². The number of hydrogen-bond donors (Lipinski definition) is 3. The van der Waals surface area contributed by atoms with Gasteiger partial charge in [-0.1, -0.05) is 69.0 Å². The maximum absolute atomic E-state index is 13.5. The maximum atomic E-state index is 13.5. The van der Waals surface area contributed by atoms with Gasteiger partial charge in [0.15, 0.2) is 0 Å². The number of hydrogen-bond acceptors (Lipinski definition) is 15. The molecule has 0 spiro atoms. The quantitative estimate of drug-likeness (QED) is 0.0128. The number of halogens is 7. The van der Waals surface area contributed by atoms with Gasteiger partial charge in [-0.05, 0) is 113 Å². The van der Waals surface area contributed by atoms with Gasteiger partial charge in [-0.15, -0.1) is 0 Å². The van der Waals surface area contributed by atoms with Crippen LogP contribution in [0.5, 0.6) is 23.0 Å². The summed E-state index contributed by atoms with van der Waals surface area (Å²) in [6, 6.07) is 16.8. The Kier molecular flexibility index (Phi) is 46.7. The van der Waals surface area contributed by atoms with Crippen molar-refractivity contribution in [1.29, 1.82) is 0 Å². The molecule has 4 aromatic rings. The van der Waals surface area contributed by atoms with Crippen molar-refractivity contribution < 1.29 is 101 Å². The predicted octanol–water partition coefficient (Wildman–Crippen LogP) is 14.7. The predicted molar refractivity (Wildman–Crippen MR) is 322 cm³/mol. The van der Waals surface area contributed by atoms with E-state index in [-0.39, 0.29) is 56.9 Å². The Balaban J connectivity index is 0. The average Bonchev–Trinajstić information content (AvgIpc) is 4.49. The van der Waals surface area contributed by atoms with Crippen LogP contribution in [0.2, 0.25) is 0 Å². The van der Waals surface area contributed by atoms with Gasteiger partial charge in [-0.25, -0.2) is 17.6 Å². The number of carbonyl (C=O) groups is 2. The van der Waals surface area contributed by atoms with Gasteiger partial charge in [0.1, 0.15) is 77.3 Å². The van der Waals surface area contributed by atoms with Crippen LogP contribution in [-0.2, 0) is 49.2 Å². The van der Waals surface area contributed by atoms with E-state index in [1.165, 1.54) is 88.1 Å². The van der Waals surface area contributed by atoms with Crippen LogP contribution in [0.25, 0.3) is 0 Å². The summed E-state index contributed by atoms with van der Waals surface area (Å²) in [4.78, 5) is 21.9. The zero-order valence-corrected chi connectivity index (χ0v) is 53.4. The zero-order chi connectivity index (χ0) is 65.0. The third-order valence-electron chi connectivity index (χ3n) is 10.2. The second kappa shape index (κ2) is 48.6. The molecule has 5 rings (SSSR count). The van der Waals surface area contributed by atoms with E-state index in [1.807, 2.05) is 34.6 Å². The summed E-state index contributed by atoms with van der Waals surface area (Å²) in [7, 11) is 20.7. The molecule has 1 aliphatic heterocycles. The fourth-order valence-corrected chi connectivity index (χ4v) is 6.29. The van der Waals surface area contributed by atoms with Crippen LogP contribution in [0, 0.1) is 23.3 Å². The molecule has 4 atom stereocenters. The number of ether oxygens (including phenoxy) is 10. The van der Waals surface area contributed by atoms with E-state index in [0.717, 1.165) is 40.5 Å². The number of rotatable bonds is 27. The summed E-state index contributed by atoms with van der Waals surface area (Å²) in [5.74, 6) is 0.222. The Hall–Kier alpha value is -5.45. The molecule has 1 saturated heterocycles. The van der Waals surface area contributed by atoms with E-state index in [4.69, 9.17) is 78.0 Å². The molecule has 1 aliphatic rings. The fourth-order valence-electron chi connectivity index (χ4n) is 6.29. The van der Waals surface area contributed by atoms with Gasteiger partial charge >= 0.3 is 53.4 Å². The second-order valence-corrected chi connectivity index (χ2v) is 23.6. The number of esters is 2. The van der Waals surface area contributed by atoms with E-state index in [9.17, 15) is 37.4 Å². The first-order valence-electron chi connectivity index (χ1n) is 26.1. The molecule has 1 fully saturated rings. The summed E-state index contributed by atoms with van der Waals surface area (Å²) in [5, 5.41) is 26.6. The van der Waals surface area contributed by atoms with Crippen LogP contribution in [0.1, 0.15) is 114 Å². The van der Waals surface area contributed by atoms with Crippen LogP contribution in [0.4, 0.5) is 17.6 Å². The van der Waals surface area contributed by atoms with Gasteiger partial charge in [-0.2, -0.15) is 0 Å². The summed E-state index contributed by atoms with van der Waals surface area (Å²) in [6.45, 7) is 30.1. The van der Waals surface area contributed by atoms with Crippen molar-refractivity contribution in [2.24, 2.45) is 0 Å². The third kappa shape index (κ3) is 39.1. The molecule has 0 saturated carbocycles. The van der Waals surface area contributed by atoms with Crippen molar-refractivity contribution in [2.45, 2.75) is 91.6 Å². The third-order valence-corrected chi connectivity index (χ3v) is 10.2. The zero-order valence-electron chi connectivity index (χ0n) is 50.1. The van der Waals surface area contributed by atoms with Crippen LogP contribution in [-0.4, -0.2) is 109 Å². The Labute approximate surface area is 516 Å². The van der Waals surface area contributed by atoms with Gasteiger partial charge in [0.25, 0.3) is 0 Å². The van der Waals surface area contributed by atoms with Gasteiger partial charge in [-0.3, -0.25) is 9.59 Å². The molecule has 0 radical (unpaired) electrons. The van der Waals surface area contributed by atoms with Gasteiger partial charge < -0.3 is 62.7 Å². The molecular weight excluding hydrogens is 1220 g/mol. The Morgan fingerprint density at radius 3 is 1.20 bits per heavy atom. The van der Waals surface area contributed by atoms with E-state index in [2.05, 4.69) is 37.6 Å². The van der Waals surface area contributed by atoms with Crippen molar-refractivity contribution >= 4 is 42.2 Å². The Morgan fingerprint density at radius 2 is 0.906 bits per heavy atom. The monoisotopic (exact) mass is 1310 g/mol. The summed E-state index contributed by atoms with van der Waals surface area (Å²) in [6.07, 6.45) is 1.71. The molecule has 4 aromatic carbocycles. The molecule has 3 N–H and O–H groups in total. The Morgan fingerprint density at radius 1 is 0.588 bits per heavy atom. The van der Waals surface area contributed by atoms with E-state index in [1.54, 1.807) is 20.1 Å². The van der Waals surface area contributed by atoms with Crippen LogP contribution < -0.4 is 18.9 Å². The molecule has 479 valence electrons. The van der Waals surface area contributed by atoms with Gasteiger partial charge in [0.2, 0.25) is 0 Å². The van der Waals surface area contributed by atoms with Crippen molar-refractivity contribution in [3.8, 4) is 23.0 Å². The molecule has 85 heavy (non-hydrogen) atoms. The molecule has 2 unspecified atom stereocenters. The summed E-state index contributed by atoms with van der Waals surface area (Å²) < 4.78 is 104. The summed E-state index contributed by atoms with van der Waals surface area (Å²) >= 11 is -1.33. The number of benzene rings is 4. The van der Waals surface area contributed by atoms with Gasteiger partial charge in [0, 0.05) is 35.1 Å². The average molecular weight is 1310 g/mol. The molecule has 1 heterocycles. The first-order chi connectivity index (χ1) is 40.2. The minimum atomic E-state index is -1.33. The molecule has 0 amide bonds. The molecule has 15 nitrogen and oxygen atoms in total. The molecule has 0 aromatic heterocycles. The molecule has 23 heteroatoms. The van der Waals surface area contributed by atoms with Crippen LogP contribution >= 0.6 is 30.3 Å². The van der Waals surface area contributed by atoms with Crippen molar-refractivity contribution in [2.75, 3.05) is 81.3 Å². The number of epoxide rings is 1. The number of carbonyl (C=O) groups excluding carboxylic acids is 2. The first kappa shape index (κ1) is 81.6. The normalized spacial score (nSPS) is 12.6. The van der Waals surface area contributed by atoms with Crippen LogP contribution in [0.3, 0.4) is 0 Å². The fraction of sp³-hybridized carbons (Fsp3) is 0.419. The van der Waals surface area contributed by atoms with E-state index < -0.39 is 46.9 Å².